The summed E-state index contributed by atoms with van der Waals surface area (Å²) in [5, 5.41) is 0.157. The fourth-order valence-electron chi connectivity index (χ4n) is 0.974. The highest BCUT2D eigenvalue weighted by molar-refractivity contribution is 9.09. The SMILES string of the molecule is CC(C)(C)OC(=O)C(C)(CBr)C(=O)OC(C)(C)C. The van der Waals surface area contributed by atoms with Crippen LogP contribution in [0.15, 0.2) is 0 Å². The van der Waals surface area contributed by atoms with E-state index in [2.05, 4.69) is 15.9 Å². The molecule has 0 aromatic heterocycles. The summed E-state index contributed by atoms with van der Waals surface area (Å²) in [5.74, 6) is -1.16. The third-order valence-corrected chi connectivity index (χ3v) is 3.09. The van der Waals surface area contributed by atoms with Gasteiger partial charge in [0.1, 0.15) is 11.2 Å². The molecule has 0 N–H and O–H groups in total. The largest absolute Gasteiger partial charge is 0.459 e. The van der Waals surface area contributed by atoms with Gasteiger partial charge in [0.2, 0.25) is 0 Å². The molecule has 18 heavy (non-hydrogen) atoms. The highest BCUT2D eigenvalue weighted by atomic mass is 79.9. The van der Waals surface area contributed by atoms with Gasteiger partial charge in [-0.2, -0.15) is 0 Å². The van der Waals surface area contributed by atoms with Crippen LogP contribution in [-0.4, -0.2) is 28.5 Å². The van der Waals surface area contributed by atoms with E-state index in [1.807, 2.05) is 0 Å². The zero-order chi connectivity index (χ0) is 14.8. The summed E-state index contributed by atoms with van der Waals surface area (Å²) >= 11 is 3.19. The van der Waals surface area contributed by atoms with Crippen LogP contribution in [0.25, 0.3) is 0 Å². The minimum atomic E-state index is -1.33. The van der Waals surface area contributed by atoms with Crippen molar-refractivity contribution in [3.05, 3.63) is 0 Å². The number of hydrogen-bond acceptors (Lipinski definition) is 4. The highest BCUT2D eigenvalue weighted by Gasteiger charge is 2.46. The minimum absolute atomic E-state index is 0.157. The van der Waals surface area contributed by atoms with Gasteiger partial charge in [-0.3, -0.25) is 9.59 Å². The smallest absolute Gasteiger partial charge is 0.324 e. The van der Waals surface area contributed by atoms with E-state index in [1.165, 1.54) is 6.92 Å². The van der Waals surface area contributed by atoms with Crippen molar-refractivity contribution in [2.75, 3.05) is 5.33 Å². The normalized spacial score (nSPS) is 13.1. The third-order valence-electron chi connectivity index (χ3n) is 1.97. The van der Waals surface area contributed by atoms with Crippen LogP contribution in [0, 0.1) is 5.41 Å². The van der Waals surface area contributed by atoms with E-state index >= 15 is 0 Å². The maximum Gasteiger partial charge on any atom is 0.324 e. The Hall–Kier alpha value is -0.580. The number of carbonyl (C=O) groups excluding carboxylic acids is 2. The molecule has 0 aliphatic heterocycles. The molecule has 0 heterocycles. The van der Waals surface area contributed by atoms with Crippen LogP contribution >= 0.6 is 15.9 Å². The van der Waals surface area contributed by atoms with E-state index in [0.717, 1.165) is 0 Å². The lowest BCUT2D eigenvalue weighted by atomic mass is 9.93. The number of esters is 2. The van der Waals surface area contributed by atoms with Gasteiger partial charge >= 0.3 is 11.9 Å². The Morgan fingerprint density at radius 1 is 0.833 bits per heavy atom. The Balaban J connectivity index is 5.01. The van der Waals surface area contributed by atoms with Crippen molar-refractivity contribution in [2.24, 2.45) is 5.41 Å². The Labute approximate surface area is 118 Å². The molecule has 0 radical (unpaired) electrons. The predicted molar refractivity (Wildman–Crippen MR) is 73.6 cm³/mol. The first-order chi connectivity index (χ1) is 7.82. The second-order valence-electron chi connectivity index (χ2n) is 6.47. The van der Waals surface area contributed by atoms with Crippen molar-refractivity contribution in [1.29, 1.82) is 0 Å². The Morgan fingerprint density at radius 2 is 1.11 bits per heavy atom. The molecule has 0 rings (SSSR count). The number of hydrogen-bond donors (Lipinski definition) is 0. The lowest BCUT2D eigenvalue weighted by Crippen LogP contribution is -2.45. The molecule has 0 fully saturated rings. The zero-order valence-corrected chi connectivity index (χ0v) is 13.8. The van der Waals surface area contributed by atoms with Crippen molar-refractivity contribution in [2.45, 2.75) is 59.7 Å². The lowest BCUT2D eigenvalue weighted by molar-refractivity contribution is -0.181. The summed E-state index contributed by atoms with van der Waals surface area (Å²) in [6.45, 7) is 12.1. The fraction of sp³-hybridized carbons (Fsp3) is 0.846. The van der Waals surface area contributed by atoms with Gasteiger partial charge in [-0.05, 0) is 48.5 Å². The van der Waals surface area contributed by atoms with E-state index in [9.17, 15) is 9.59 Å². The first-order valence-corrected chi connectivity index (χ1v) is 6.97. The molecule has 4 nitrogen and oxygen atoms in total. The van der Waals surface area contributed by atoms with E-state index in [0.29, 0.717) is 0 Å². The standard InChI is InChI=1S/C13H23BrO4/c1-11(2,3)17-9(15)13(7,8-14)10(16)18-12(4,5)6/h8H2,1-7H3. The Kier molecular flexibility index (Phi) is 5.41. The second-order valence-corrected chi connectivity index (χ2v) is 7.03. The molecule has 0 unspecified atom stereocenters. The first kappa shape index (κ1) is 17.4. The molecule has 0 aromatic rings. The number of alkyl halides is 1. The lowest BCUT2D eigenvalue weighted by Gasteiger charge is -2.31. The minimum Gasteiger partial charge on any atom is -0.459 e. The molecule has 0 aliphatic rings. The summed E-state index contributed by atoms with van der Waals surface area (Å²) in [6.07, 6.45) is 0. The molecule has 0 saturated heterocycles. The van der Waals surface area contributed by atoms with Crippen molar-refractivity contribution < 1.29 is 19.1 Å². The van der Waals surface area contributed by atoms with Crippen LogP contribution in [0.5, 0.6) is 0 Å². The summed E-state index contributed by atoms with van der Waals surface area (Å²) in [5.41, 5.74) is -2.61. The van der Waals surface area contributed by atoms with E-state index in [4.69, 9.17) is 9.47 Å². The highest BCUT2D eigenvalue weighted by Crippen LogP contribution is 2.28. The topological polar surface area (TPSA) is 52.6 Å². The second kappa shape index (κ2) is 5.59. The van der Waals surface area contributed by atoms with Crippen molar-refractivity contribution in [3.63, 3.8) is 0 Å². The van der Waals surface area contributed by atoms with Gasteiger partial charge in [0.15, 0.2) is 5.41 Å². The molecule has 0 aromatic carbocycles. The number of halogens is 1. The molecule has 0 spiro atoms. The van der Waals surface area contributed by atoms with E-state index < -0.39 is 28.6 Å². The molecule has 106 valence electrons. The van der Waals surface area contributed by atoms with Gasteiger partial charge in [0.25, 0.3) is 0 Å². The summed E-state index contributed by atoms with van der Waals surface area (Å²) in [6, 6.07) is 0. The monoisotopic (exact) mass is 322 g/mol. The molecular weight excluding hydrogens is 300 g/mol. The molecule has 0 saturated carbocycles. The van der Waals surface area contributed by atoms with Crippen LogP contribution in [0.2, 0.25) is 0 Å². The molecule has 0 aliphatic carbocycles. The maximum atomic E-state index is 12.1. The van der Waals surface area contributed by atoms with Crippen LogP contribution in [0.1, 0.15) is 48.5 Å². The number of rotatable bonds is 3. The summed E-state index contributed by atoms with van der Waals surface area (Å²) in [7, 11) is 0. The first-order valence-electron chi connectivity index (χ1n) is 5.85. The van der Waals surface area contributed by atoms with Gasteiger partial charge < -0.3 is 9.47 Å². The van der Waals surface area contributed by atoms with Crippen molar-refractivity contribution in [3.8, 4) is 0 Å². The summed E-state index contributed by atoms with van der Waals surface area (Å²) < 4.78 is 10.5. The van der Waals surface area contributed by atoms with E-state index in [-0.39, 0.29) is 5.33 Å². The van der Waals surface area contributed by atoms with Gasteiger partial charge in [-0.25, -0.2) is 0 Å². The Bertz CT molecular complexity index is 295. The molecular formula is C13H23BrO4. The number of ether oxygens (including phenoxy) is 2. The number of carbonyl (C=O) groups is 2. The molecule has 0 atom stereocenters. The molecule has 0 bridgehead atoms. The van der Waals surface area contributed by atoms with Gasteiger partial charge in [-0.15, -0.1) is 0 Å². The van der Waals surface area contributed by atoms with E-state index in [1.54, 1.807) is 41.5 Å². The zero-order valence-electron chi connectivity index (χ0n) is 12.2. The van der Waals surface area contributed by atoms with Crippen LogP contribution in [0.3, 0.4) is 0 Å². The quantitative estimate of drug-likeness (QED) is 0.455. The molecule has 0 amide bonds. The molecule has 5 heteroatoms. The Morgan fingerprint density at radius 3 is 1.28 bits per heavy atom. The van der Waals surface area contributed by atoms with Crippen LogP contribution in [0.4, 0.5) is 0 Å². The average Bonchev–Trinajstić information content (AvgIpc) is 2.10. The van der Waals surface area contributed by atoms with Crippen molar-refractivity contribution >= 4 is 27.9 Å². The van der Waals surface area contributed by atoms with Crippen LogP contribution < -0.4 is 0 Å². The van der Waals surface area contributed by atoms with Crippen LogP contribution in [-0.2, 0) is 19.1 Å². The average molecular weight is 323 g/mol. The summed E-state index contributed by atoms with van der Waals surface area (Å²) in [4.78, 5) is 24.2. The maximum absolute atomic E-state index is 12.1. The van der Waals surface area contributed by atoms with Gasteiger partial charge in [0.05, 0.1) is 0 Å². The van der Waals surface area contributed by atoms with Gasteiger partial charge in [-0.1, -0.05) is 15.9 Å². The van der Waals surface area contributed by atoms with Crippen molar-refractivity contribution in [1.82, 2.24) is 0 Å². The predicted octanol–water partition coefficient (Wildman–Crippen LogP) is 3.07. The fourth-order valence-corrected chi connectivity index (χ4v) is 1.43. The van der Waals surface area contributed by atoms with Gasteiger partial charge in [0, 0.05) is 5.33 Å². The third kappa shape index (κ3) is 5.38.